The van der Waals surface area contributed by atoms with Crippen LogP contribution < -0.4 is 9.47 Å². The van der Waals surface area contributed by atoms with E-state index in [1.807, 2.05) is 12.1 Å². The number of rotatable bonds is 8. The lowest BCUT2D eigenvalue weighted by atomic mass is 10.2. The second-order valence-corrected chi connectivity index (χ2v) is 9.92. The van der Waals surface area contributed by atoms with Crippen LogP contribution in [0.5, 0.6) is 11.5 Å². The third kappa shape index (κ3) is 6.51. The molecule has 1 saturated heterocycles. The maximum Gasteiger partial charge on any atom is 0.338 e. The Labute approximate surface area is 235 Å². The smallest absolute Gasteiger partial charge is 0.338 e. The molecule has 1 aliphatic heterocycles. The SMILES string of the molecule is CCOC(=O)c1ccc(N=C2SC(=Cc3ccc(OCc4ccc(Cl)cc4Cl)c(OC)c3)C(=O)N2C)cc1. The van der Waals surface area contributed by atoms with Gasteiger partial charge < -0.3 is 14.2 Å². The van der Waals surface area contributed by atoms with E-state index in [1.54, 1.807) is 75.7 Å². The second kappa shape index (κ2) is 12.4. The minimum absolute atomic E-state index is 0.173. The van der Waals surface area contributed by atoms with E-state index in [-0.39, 0.29) is 18.5 Å². The molecule has 0 spiro atoms. The van der Waals surface area contributed by atoms with Crippen molar-refractivity contribution in [3.05, 3.63) is 92.3 Å². The van der Waals surface area contributed by atoms with Gasteiger partial charge in [-0.3, -0.25) is 9.69 Å². The first-order valence-electron chi connectivity index (χ1n) is 11.6. The fourth-order valence-corrected chi connectivity index (χ4v) is 4.94. The monoisotopic (exact) mass is 570 g/mol. The molecule has 1 heterocycles. The summed E-state index contributed by atoms with van der Waals surface area (Å²) in [5.41, 5.74) is 2.62. The summed E-state index contributed by atoms with van der Waals surface area (Å²) >= 11 is 13.5. The Kier molecular flexibility index (Phi) is 8.99. The second-order valence-electron chi connectivity index (χ2n) is 8.07. The van der Waals surface area contributed by atoms with E-state index in [0.717, 1.165) is 11.1 Å². The van der Waals surface area contributed by atoms with Crippen molar-refractivity contribution in [2.24, 2.45) is 4.99 Å². The minimum atomic E-state index is -0.389. The molecule has 38 heavy (non-hydrogen) atoms. The molecule has 4 rings (SSSR count). The third-order valence-electron chi connectivity index (χ3n) is 5.49. The Bertz CT molecular complexity index is 1420. The summed E-state index contributed by atoms with van der Waals surface area (Å²) in [7, 11) is 3.22. The number of carbonyl (C=O) groups excluding carboxylic acids is 2. The Hall–Kier alpha value is -3.46. The first kappa shape index (κ1) is 27.6. The number of esters is 1. The third-order valence-corrected chi connectivity index (χ3v) is 7.14. The lowest BCUT2D eigenvalue weighted by Gasteiger charge is -2.12. The highest BCUT2D eigenvalue weighted by molar-refractivity contribution is 8.18. The Balaban J connectivity index is 1.49. The summed E-state index contributed by atoms with van der Waals surface area (Å²) in [6.45, 7) is 2.30. The minimum Gasteiger partial charge on any atom is -0.493 e. The van der Waals surface area contributed by atoms with Crippen LogP contribution in [0.3, 0.4) is 0 Å². The number of likely N-dealkylation sites (N-methyl/N-ethyl adjacent to an activating group) is 1. The van der Waals surface area contributed by atoms with Crippen LogP contribution in [-0.2, 0) is 16.1 Å². The Morgan fingerprint density at radius 1 is 1.05 bits per heavy atom. The highest BCUT2D eigenvalue weighted by Crippen LogP contribution is 2.35. The number of hydrogen-bond acceptors (Lipinski definition) is 7. The van der Waals surface area contributed by atoms with Crippen LogP contribution in [0.15, 0.2) is 70.6 Å². The van der Waals surface area contributed by atoms with Crippen LogP contribution in [0.25, 0.3) is 6.08 Å². The first-order valence-corrected chi connectivity index (χ1v) is 13.1. The van der Waals surface area contributed by atoms with Gasteiger partial charge in [-0.05, 0) is 78.9 Å². The fourth-order valence-electron chi connectivity index (χ4n) is 3.49. The number of nitrogens with zero attached hydrogens (tertiary/aromatic N) is 2. The summed E-state index contributed by atoms with van der Waals surface area (Å²) in [4.78, 5) is 31.3. The summed E-state index contributed by atoms with van der Waals surface area (Å²) in [6.07, 6.45) is 1.78. The zero-order chi connectivity index (χ0) is 27.2. The number of methoxy groups -OCH3 is 1. The number of hydrogen-bond donors (Lipinski definition) is 0. The first-order chi connectivity index (χ1) is 18.3. The normalized spacial score (nSPS) is 15.3. The van der Waals surface area contributed by atoms with Crippen LogP contribution in [0.2, 0.25) is 10.0 Å². The van der Waals surface area contributed by atoms with Crippen molar-refractivity contribution < 1.29 is 23.8 Å². The van der Waals surface area contributed by atoms with E-state index >= 15 is 0 Å². The molecule has 196 valence electrons. The highest BCUT2D eigenvalue weighted by Gasteiger charge is 2.30. The van der Waals surface area contributed by atoms with Gasteiger partial charge in [-0.15, -0.1) is 0 Å². The molecule has 0 atom stereocenters. The van der Waals surface area contributed by atoms with Crippen molar-refractivity contribution in [2.45, 2.75) is 13.5 Å². The average molecular weight is 571 g/mol. The van der Waals surface area contributed by atoms with E-state index in [1.165, 1.54) is 16.7 Å². The maximum atomic E-state index is 12.9. The quantitative estimate of drug-likeness (QED) is 0.214. The average Bonchev–Trinajstić information content (AvgIpc) is 3.16. The molecule has 0 aliphatic carbocycles. The Morgan fingerprint density at radius 2 is 1.82 bits per heavy atom. The lowest BCUT2D eigenvalue weighted by Crippen LogP contribution is -2.23. The maximum absolute atomic E-state index is 12.9. The molecular formula is C28H24Cl2N2O5S. The molecule has 3 aromatic rings. The molecule has 0 unspecified atom stereocenters. The van der Waals surface area contributed by atoms with Crippen molar-refractivity contribution in [1.29, 1.82) is 0 Å². The van der Waals surface area contributed by atoms with Gasteiger partial charge in [0.2, 0.25) is 0 Å². The molecule has 0 N–H and O–H groups in total. The number of amidine groups is 1. The van der Waals surface area contributed by atoms with Crippen LogP contribution in [0.1, 0.15) is 28.4 Å². The lowest BCUT2D eigenvalue weighted by molar-refractivity contribution is -0.121. The van der Waals surface area contributed by atoms with Gasteiger partial charge in [0.15, 0.2) is 16.7 Å². The summed E-state index contributed by atoms with van der Waals surface area (Å²) in [5, 5.41) is 1.60. The molecule has 1 aliphatic rings. The molecule has 0 saturated carbocycles. The van der Waals surface area contributed by atoms with Gasteiger partial charge in [0.05, 0.1) is 29.9 Å². The van der Waals surface area contributed by atoms with Crippen molar-refractivity contribution in [1.82, 2.24) is 4.90 Å². The largest absolute Gasteiger partial charge is 0.493 e. The van der Waals surface area contributed by atoms with Crippen LogP contribution >= 0.6 is 35.0 Å². The predicted molar refractivity (Wildman–Crippen MR) is 152 cm³/mol. The van der Waals surface area contributed by atoms with E-state index in [4.69, 9.17) is 37.4 Å². The van der Waals surface area contributed by atoms with Crippen LogP contribution in [0, 0.1) is 0 Å². The highest BCUT2D eigenvalue weighted by atomic mass is 35.5. The number of carbonyl (C=O) groups is 2. The molecule has 0 bridgehead atoms. The fraction of sp³-hybridized carbons (Fsp3) is 0.179. The Morgan fingerprint density at radius 3 is 2.50 bits per heavy atom. The van der Waals surface area contributed by atoms with Crippen LogP contribution in [-0.4, -0.2) is 42.7 Å². The van der Waals surface area contributed by atoms with Crippen molar-refractivity contribution >= 4 is 63.8 Å². The standard InChI is InChI=1S/C28H24Cl2N2O5S/c1-4-36-27(34)18-7-10-21(11-8-18)31-28-32(2)26(33)25(38-28)14-17-5-12-23(24(13-17)35-3)37-16-19-6-9-20(29)15-22(19)30/h5-15H,4,16H2,1-3H3. The number of amides is 1. The summed E-state index contributed by atoms with van der Waals surface area (Å²) in [5.74, 6) is 0.495. The topological polar surface area (TPSA) is 77.4 Å². The molecule has 3 aromatic carbocycles. The number of halogens is 2. The van der Waals surface area contributed by atoms with Crippen LogP contribution in [0.4, 0.5) is 5.69 Å². The predicted octanol–water partition coefficient (Wildman–Crippen LogP) is 6.99. The summed E-state index contributed by atoms with van der Waals surface area (Å²) in [6, 6.07) is 17.3. The van der Waals surface area contributed by atoms with Gasteiger partial charge >= 0.3 is 5.97 Å². The molecule has 0 aromatic heterocycles. The van der Waals surface area contributed by atoms with Gasteiger partial charge in [-0.25, -0.2) is 9.79 Å². The van der Waals surface area contributed by atoms with Gasteiger partial charge in [0.25, 0.3) is 5.91 Å². The van der Waals surface area contributed by atoms with Crippen molar-refractivity contribution in [3.63, 3.8) is 0 Å². The number of benzene rings is 3. The van der Waals surface area contributed by atoms with Gasteiger partial charge in [0.1, 0.15) is 6.61 Å². The molecular weight excluding hydrogens is 547 g/mol. The molecule has 7 nitrogen and oxygen atoms in total. The number of ether oxygens (including phenoxy) is 3. The zero-order valence-electron chi connectivity index (χ0n) is 20.9. The van der Waals surface area contributed by atoms with E-state index in [9.17, 15) is 9.59 Å². The van der Waals surface area contributed by atoms with Crippen molar-refractivity contribution in [2.75, 3.05) is 20.8 Å². The van der Waals surface area contributed by atoms with Gasteiger partial charge in [-0.1, -0.05) is 35.3 Å². The van der Waals surface area contributed by atoms with Gasteiger partial charge in [-0.2, -0.15) is 0 Å². The summed E-state index contributed by atoms with van der Waals surface area (Å²) < 4.78 is 16.4. The van der Waals surface area contributed by atoms with Gasteiger partial charge in [0, 0.05) is 22.7 Å². The number of aliphatic imine (C=N–C) groups is 1. The molecule has 1 amide bonds. The zero-order valence-corrected chi connectivity index (χ0v) is 23.2. The molecule has 0 radical (unpaired) electrons. The molecule has 1 fully saturated rings. The van der Waals surface area contributed by atoms with E-state index in [2.05, 4.69) is 4.99 Å². The van der Waals surface area contributed by atoms with E-state index < -0.39 is 0 Å². The number of thioether (sulfide) groups is 1. The molecule has 10 heteroatoms. The van der Waals surface area contributed by atoms with Crippen molar-refractivity contribution in [3.8, 4) is 11.5 Å². The van der Waals surface area contributed by atoms with E-state index in [0.29, 0.717) is 49.5 Å².